The van der Waals surface area contributed by atoms with Gasteiger partial charge in [0.25, 0.3) is 5.91 Å². The highest BCUT2D eigenvalue weighted by Crippen LogP contribution is 2.43. The maximum Gasteiger partial charge on any atom is 0.387 e. The van der Waals surface area contributed by atoms with E-state index in [0.717, 1.165) is 12.8 Å². The number of anilines is 1. The van der Waals surface area contributed by atoms with Gasteiger partial charge in [-0.15, -0.1) is 0 Å². The molecule has 2 aliphatic rings. The number of alkyl halides is 2. The number of fused-ring (bicyclic) bond motifs is 1. The number of rotatable bonds is 6. The van der Waals surface area contributed by atoms with Crippen LogP contribution >= 0.6 is 11.3 Å². The van der Waals surface area contributed by atoms with Gasteiger partial charge in [-0.3, -0.25) is 10.1 Å². The van der Waals surface area contributed by atoms with Gasteiger partial charge in [-0.1, -0.05) is 11.3 Å². The summed E-state index contributed by atoms with van der Waals surface area (Å²) in [4.78, 5) is 31.3. The van der Waals surface area contributed by atoms with Crippen LogP contribution < -0.4 is 15.4 Å². The third kappa shape index (κ3) is 3.83. The highest BCUT2D eigenvalue weighted by Gasteiger charge is 2.40. The van der Waals surface area contributed by atoms with Crippen LogP contribution in [0.2, 0.25) is 0 Å². The Morgan fingerprint density at radius 3 is 2.73 bits per heavy atom. The van der Waals surface area contributed by atoms with E-state index in [2.05, 4.69) is 15.6 Å². The van der Waals surface area contributed by atoms with Crippen molar-refractivity contribution in [3.63, 3.8) is 0 Å². The maximum absolute atomic E-state index is 13.1. The molecule has 1 aliphatic heterocycles. The molecule has 0 spiro atoms. The number of hydrogen-bond acceptors (Lipinski definition) is 5. The van der Waals surface area contributed by atoms with Crippen molar-refractivity contribution >= 4 is 28.4 Å². The first-order valence-electron chi connectivity index (χ1n) is 9.67. The van der Waals surface area contributed by atoms with Gasteiger partial charge in [0, 0.05) is 19.6 Å². The Balaban J connectivity index is 1.72. The van der Waals surface area contributed by atoms with Crippen molar-refractivity contribution in [2.75, 3.05) is 12.4 Å². The van der Waals surface area contributed by atoms with E-state index in [9.17, 15) is 18.4 Å². The van der Waals surface area contributed by atoms with Crippen LogP contribution in [0.3, 0.4) is 0 Å². The molecule has 0 unspecified atom stereocenters. The number of ether oxygens (including phenoxy) is 1. The average molecular weight is 436 g/mol. The van der Waals surface area contributed by atoms with Gasteiger partial charge in [0.15, 0.2) is 5.13 Å². The molecule has 1 aromatic carbocycles. The Labute approximate surface area is 176 Å². The number of aromatic nitrogens is 1. The maximum atomic E-state index is 13.1. The molecule has 4 rings (SSSR count). The van der Waals surface area contributed by atoms with E-state index in [1.807, 2.05) is 13.0 Å². The normalized spacial score (nSPS) is 16.6. The van der Waals surface area contributed by atoms with Crippen molar-refractivity contribution in [1.29, 1.82) is 0 Å². The van der Waals surface area contributed by atoms with E-state index in [4.69, 9.17) is 4.74 Å². The number of halogens is 2. The van der Waals surface area contributed by atoms with Crippen molar-refractivity contribution in [3.05, 3.63) is 29.0 Å². The summed E-state index contributed by atoms with van der Waals surface area (Å²) in [6.45, 7) is 1.09. The lowest BCUT2D eigenvalue weighted by Crippen LogP contribution is -2.34. The molecule has 1 aromatic heterocycles. The summed E-state index contributed by atoms with van der Waals surface area (Å²) in [6.07, 6.45) is 2.15. The number of urea groups is 1. The lowest BCUT2D eigenvalue weighted by Gasteiger charge is -2.24. The topological polar surface area (TPSA) is 83.6 Å². The van der Waals surface area contributed by atoms with Gasteiger partial charge in [-0.25, -0.2) is 9.78 Å². The molecule has 1 aliphatic carbocycles. The lowest BCUT2D eigenvalue weighted by molar-refractivity contribution is -0.0501. The number of nitrogens with zero attached hydrogens (tertiary/aromatic N) is 2. The Morgan fingerprint density at radius 1 is 1.37 bits per heavy atom. The zero-order valence-corrected chi connectivity index (χ0v) is 17.6. The van der Waals surface area contributed by atoms with Gasteiger partial charge in [-0.05, 0) is 55.9 Å². The van der Waals surface area contributed by atoms with Gasteiger partial charge in [-0.2, -0.15) is 8.78 Å². The molecule has 3 amide bonds. The predicted octanol–water partition coefficient (Wildman–Crippen LogP) is 4.23. The van der Waals surface area contributed by atoms with Crippen molar-refractivity contribution < 1.29 is 23.1 Å². The Morgan fingerprint density at radius 2 is 2.10 bits per heavy atom. The summed E-state index contributed by atoms with van der Waals surface area (Å²) >= 11 is 1.23. The number of aryl methyl sites for hydroxylation is 1. The first kappa shape index (κ1) is 20.5. The zero-order chi connectivity index (χ0) is 21.6. The zero-order valence-electron chi connectivity index (χ0n) is 16.8. The van der Waals surface area contributed by atoms with Crippen LogP contribution in [0.25, 0.3) is 10.4 Å². The SMILES string of the molecule is CNC(=O)Nc1nc(C)c(-c2cc3c(c(OC(F)F)c2)C(=O)N([C@@H](C)C2CC2)C3)s1. The van der Waals surface area contributed by atoms with Crippen molar-refractivity contribution in [3.8, 4) is 16.2 Å². The minimum Gasteiger partial charge on any atom is -0.434 e. The van der Waals surface area contributed by atoms with Crippen LogP contribution in [0.1, 0.15) is 41.4 Å². The average Bonchev–Trinajstić information content (AvgIpc) is 3.40. The largest absolute Gasteiger partial charge is 0.434 e. The van der Waals surface area contributed by atoms with Crippen LogP contribution in [0.5, 0.6) is 5.75 Å². The highest BCUT2D eigenvalue weighted by molar-refractivity contribution is 7.19. The molecule has 160 valence electrons. The van der Waals surface area contributed by atoms with E-state index < -0.39 is 12.6 Å². The molecule has 30 heavy (non-hydrogen) atoms. The second-order valence-electron chi connectivity index (χ2n) is 7.54. The molecule has 2 aromatic rings. The predicted molar refractivity (Wildman–Crippen MR) is 109 cm³/mol. The summed E-state index contributed by atoms with van der Waals surface area (Å²) in [5.41, 5.74) is 2.13. The number of benzene rings is 1. The second-order valence-corrected chi connectivity index (χ2v) is 8.53. The third-order valence-electron chi connectivity index (χ3n) is 5.52. The number of carbonyl (C=O) groups is 2. The molecular formula is C20H22F2N4O3S. The molecule has 7 nitrogen and oxygen atoms in total. The van der Waals surface area contributed by atoms with Crippen molar-refractivity contribution in [2.45, 2.75) is 45.9 Å². The molecule has 0 radical (unpaired) electrons. The summed E-state index contributed by atoms with van der Waals surface area (Å²) < 4.78 is 30.9. The number of carbonyl (C=O) groups excluding carboxylic acids is 2. The molecule has 1 atom stereocenters. The standard InChI is InChI=1S/C20H22F2N4O3S/c1-9-16(30-20(24-9)25-19(28)23-3)12-6-13-8-26(10(2)11-4-5-11)17(27)15(13)14(7-12)29-18(21)22/h6-7,10-11,18H,4-5,8H2,1-3H3,(H2,23,24,25,28)/t10-/m0/s1. The summed E-state index contributed by atoms with van der Waals surface area (Å²) in [5.74, 6) is 0.0699. The van der Waals surface area contributed by atoms with Gasteiger partial charge in [0.2, 0.25) is 0 Å². The number of amides is 3. The highest BCUT2D eigenvalue weighted by atomic mass is 32.1. The molecule has 0 saturated heterocycles. The van der Waals surface area contributed by atoms with E-state index in [1.165, 1.54) is 24.5 Å². The Kier molecular flexibility index (Phi) is 5.35. The fourth-order valence-corrected chi connectivity index (χ4v) is 4.75. The van der Waals surface area contributed by atoms with Crippen LogP contribution in [-0.2, 0) is 6.54 Å². The quantitative estimate of drug-likeness (QED) is 0.710. The minimum atomic E-state index is -3.04. The molecular weight excluding hydrogens is 414 g/mol. The number of nitrogens with one attached hydrogen (secondary N) is 2. The van der Waals surface area contributed by atoms with E-state index in [0.29, 0.717) is 39.3 Å². The van der Waals surface area contributed by atoms with Crippen molar-refractivity contribution in [1.82, 2.24) is 15.2 Å². The van der Waals surface area contributed by atoms with Gasteiger partial charge in [0.05, 0.1) is 16.1 Å². The minimum absolute atomic E-state index is 0.0567. The summed E-state index contributed by atoms with van der Waals surface area (Å²) in [6, 6.07) is 2.94. The summed E-state index contributed by atoms with van der Waals surface area (Å²) in [7, 11) is 1.50. The van der Waals surface area contributed by atoms with E-state index in [1.54, 1.807) is 11.8 Å². The lowest BCUT2D eigenvalue weighted by atomic mass is 10.0. The fourth-order valence-electron chi connectivity index (χ4n) is 3.80. The molecule has 2 heterocycles. The van der Waals surface area contributed by atoms with Gasteiger partial charge >= 0.3 is 12.6 Å². The van der Waals surface area contributed by atoms with E-state index in [-0.39, 0.29) is 23.3 Å². The van der Waals surface area contributed by atoms with Gasteiger partial charge in [0.1, 0.15) is 5.75 Å². The molecule has 1 saturated carbocycles. The monoisotopic (exact) mass is 436 g/mol. The molecule has 2 N–H and O–H groups in total. The molecule has 10 heteroatoms. The first-order valence-corrected chi connectivity index (χ1v) is 10.5. The second kappa shape index (κ2) is 7.82. The van der Waals surface area contributed by atoms with Crippen molar-refractivity contribution in [2.24, 2.45) is 5.92 Å². The smallest absolute Gasteiger partial charge is 0.387 e. The van der Waals surface area contributed by atoms with E-state index >= 15 is 0 Å². The Hall–Kier alpha value is -2.75. The Bertz CT molecular complexity index is 1010. The molecule has 1 fully saturated rings. The van der Waals surface area contributed by atoms with Crippen LogP contribution in [0, 0.1) is 12.8 Å². The van der Waals surface area contributed by atoms with Crippen LogP contribution in [-0.4, -0.2) is 41.5 Å². The van der Waals surface area contributed by atoms with Gasteiger partial charge < -0.3 is 15.0 Å². The number of hydrogen-bond donors (Lipinski definition) is 2. The molecule has 0 bridgehead atoms. The van der Waals surface area contributed by atoms with Crippen LogP contribution in [0.15, 0.2) is 12.1 Å². The first-order chi connectivity index (χ1) is 14.3. The number of thiazole rings is 1. The fraction of sp³-hybridized carbons (Fsp3) is 0.450. The third-order valence-corrected chi connectivity index (χ3v) is 6.64. The summed E-state index contributed by atoms with van der Waals surface area (Å²) in [5, 5.41) is 5.45. The van der Waals surface area contributed by atoms with Crippen LogP contribution in [0.4, 0.5) is 18.7 Å².